The number of para-hydroxylation sites is 3. The van der Waals surface area contributed by atoms with E-state index in [4.69, 9.17) is 19.2 Å². The van der Waals surface area contributed by atoms with E-state index in [1.54, 1.807) is 32.0 Å². The Morgan fingerprint density at radius 3 is 2.27 bits per heavy atom. The molecule has 0 N–H and O–H groups in total. The van der Waals surface area contributed by atoms with E-state index < -0.39 is 0 Å². The predicted molar refractivity (Wildman–Crippen MR) is 116 cm³/mol. The molecule has 30 heavy (non-hydrogen) atoms. The summed E-state index contributed by atoms with van der Waals surface area (Å²) in [7, 11) is 4.79. The van der Waals surface area contributed by atoms with Gasteiger partial charge in [0.05, 0.1) is 37.9 Å². The fourth-order valence-electron chi connectivity index (χ4n) is 3.53. The first kappa shape index (κ1) is 19.5. The molecule has 4 rings (SSSR count). The van der Waals surface area contributed by atoms with Gasteiger partial charge < -0.3 is 14.2 Å². The monoisotopic (exact) mass is 402 g/mol. The summed E-state index contributed by atoms with van der Waals surface area (Å²) in [6.45, 7) is 0. The Kier molecular flexibility index (Phi) is 5.39. The maximum atomic E-state index is 13.5. The molecule has 0 spiro atoms. The fourth-order valence-corrected chi connectivity index (χ4v) is 3.53. The lowest BCUT2D eigenvalue weighted by Crippen LogP contribution is -2.24. The van der Waals surface area contributed by atoms with Crippen LogP contribution in [0, 0.1) is 0 Å². The third kappa shape index (κ3) is 3.48. The molecule has 0 aliphatic carbocycles. The van der Waals surface area contributed by atoms with Crippen LogP contribution in [0.3, 0.4) is 0 Å². The summed E-state index contributed by atoms with van der Waals surface area (Å²) < 4.78 is 17.9. The third-order valence-corrected chi connectivity index (χ3v) is 4.98. The SMILES string of the molecule is COc1ccc(Cc2nc3ccccc3c(=O)n2-c2ccccc2OC)cc1OC. The molecule has 0 unspecified atom stereocenters. The van der Waals surface area contributed by atoms with Gasteiger partial charge >= 0.3 is 0 Å². The van der Waals surface area contributed by atoms with Crippen LogP contribution in [0.5, 0.6) is 17.2 Å². The molecule has 4 aromatic rings. The Balaban J connectivity index is 1.94. The first-order valence-electron chi connectivity index (χ1n) is 9.51. The average molecular weight is 402 g/mol. The second-order valence-electron chi connectivity index (χ2n) is 6.72. The molecule has 0 radical (unpaired) electrons. The van der Waals surface area contributed by atoms with Crippen molar-refractivity contribution in [3.63, 3.8) is 0 Å². The molecule has 1 aromatic heterocycles. The fraction of sp³-hybridized carbons (Fsp3) is 0.167. The Labute approximate surface area is 174 Å². The summed E-state index contributed by atoms with van der Waals surface area (Å²) >= 11 is 0. The molecule has 3 aromatic carbocycles. The van der Waals surface area contributed by atoms with Crippen LogP contribution in [0.2, 0.25) is 0 Å². The van der Waals surface area contributed by atoms with Gasteiger partial charge in [-0.3, -0.25) is 9.36 Å². The van der Waals surface area contributed by atoms with Crippen molar-refractivity contribution in [3.8, 4) is 22.9 Å². The Bertz CT molecular complexity index is 1260. The van der Waals surface area contributed by atoms with Gasteiger partial charge in [0, 0.05) is 6.42 Å². The van der Waals surface area contributed by atoms with Crippen molar-refractivity contribution in [3.05, 3.63) is 88.5 Å². The van der Waals surface area contributed by atoms with Gasteiger partial charge in [-0.25, -0.2) is 4.98 Å². The molecule has 0 aliphatic heterocycles. The number of benzene rings is 3. The average Bonchev–Trinajstić information content (AvgIpc) is 2.79. The molecular weight excluding hydrogens is 380 g/mol. The molecule has 6 heteroatoms. The zero-order chi connectivity index (χ0) is 21.1. The van der Waals surface area contributed by atoms with E-state index in [0.29, 0.717) is 46.1 Å². The van der Waals surface area contributed by atoms with Crippen molar-refractivity contribution in [1.82, 2.24) is 9.55 Å². The van der Waals surface area contributed by atoms with E-state index in [1.165, 1.54) is 0 Å². The van der Waals surface area contributed by atoms with Gasteiger partial charge in [0.1, 0.15) is 11.6 Å². The number of ether oxygens (including phenoxy) is 3. The highest BCUT2D eigenvalue weighted by Gasteiger charge is 2.17. The van der Waals surface area contributed by atoms with E-state index in [-0.39, 0.29) is 5.56 Å². The molecular formula is C24H22N2O4. The first-order chi connectivity index (χ1) is 14.7. The van der Waals surface area contributed by atoms with Gasteiger partial charge in [0.2, 0.25) is 0 Å². The van der Waals surface area contributed by atoms with E-state index in [1.807, 2.05) is 60.7 Å². The molecule has 0 atom stereocenters. The van der Waals surface area contributed by atoms with Crippen LogP contribution in [-0.4, -0.2) is 30.9 Å². The smallest absolute Gasteiger partial charge is 0.266 e. The van der Waals surface area contributed by atoms with Gasteiger partial charge in [0.15, 0.2) is 11.5 Å². The van der Waals surface area contributed by atoms with Crippen LogP contribution in [0.15, 0.2) is 71.5 Å². The van der Waals surface area contributed by atoms with Gasteiger partial charge in [-0.2, -0.15) is 0 Å². The molecule has 0 aliphatic rings. The summed E-state index contributed by atoms with van der Waals surface area (Å²) in [6, 6.07) is 20.5. The van der Waals surface area contributed by atoms with Gasteiger partial charge in [0.25, 0.3) is 5.56 Å². The maximum absolute atomic E-state index is 13.5. The number of hydrogen-bond donors (Lipinski definition) is 0. The second-order valence-corrected chi connectivity index (χ2v) is 6.72. The molecule has 6 nitrogen and oxygen atoms in total. The topological polar surface area (TPSA) is 62.6 Å². The third-order valence-electron chi connectivity index (χ3n) is 4.98. The second kappa shape index (κ2) is 8.29. The predicted octanol–water partition coefficient (Wildman–Crippen LogP) is 4.00. The summed E-state index contributed by atoms with van der Waals surface area (Å²) in [5, 5.41) is 0.555. The Morgan fingerprint density at radius 1 is 0.800 bits per heavy atom. The van der Waals surface area contributed by atoms with Crippen molar-refractivity contribution in [2.24, 2.45) is 0 Å². The zero-order valence-corrected chi connectivity index (χ0v) is 17.1. The number of hydrogen-bond acceptors (Lipinski definition) is 5. The highest BCUT2D eigenvalue weighted by molar-refractivity contribution is 5.78. The molecule has 0 saturated heterocycles. The Hall–Kier alpha value is -3.80. The summed E-state index contributed by atoms with van der Waals surface area (Å²) in [4.78, 5) is 18.3. The summed E-state index contributed by atoms with van der Waals surface area (Å²) in [6.07, 6.45) is 0.429. The number of aromatic nitrogens is 2. The minimum Gasteiger partial charge on any atom is -0.495 e. The quantitative estimate of drug-likeness (QED) is 0.488. The number of rotatable bonds is 6. The van der Waals surface area contributed by atoms with Crippen LogP contribution >= 0.6 is 0 Å². The lowest BCUT2D eigenvalue weighted by Gasteiger charge is -2.17. The number of nitrogens with zero attached hydrogens (tertiary/aromatic N) is 2. The minimum atomic E-state index is -0.138. The summed E-state index contributed by atoms with van der Waals surface area (Å²) in [5.41, 5.74) is 2.11. The highest BCUT2D eigenvalue weighted by atomic mass is 16.5. The number of fused-ring (bicyclic) bond motifs is 1. The van der Waals surface area contributed by atoms with Crippen LogP contribution in [0.1, 0.15) is 11.4 Å². The zero-order valence-electron chi connectivity index (χ0n) is 17.1. The molecule has 0 bridgehead atoms. The molecule has 152 valence electrons. The van der Waals surface area contributed by atoms with Crippen molar-refractivity contribution in [1.29, 1.82) is 0 Å². The van der Waals surface area contributed by atoms with Crippen molar-refractivity contribution < 1.29 is 14.2 Å². The molecule has 0 saturated carbocycles. The van der Waals surface area contributed by atoms with E-state index in [0.717, 1.165) is 5.56 Å². The summed E-state index contributed by atoms with van der Waals surface area (Å²) in [5.74, 6) is 2.48. The van der Waals surface area contributed by atoms with E-state index >= 15 is 0 Å². The van der Waals surface area contributed by atoms with Gasteiger partial charge in [-0.1, -0.05) is 30.3 Å². The lowest BCUT2D eigenvalue weighted by atomic mass is 10.1. The highest BCUT2D eigenvalue weighted by Crippen LogP contribution is 2.29. The maximum Gasteiger partial charge on any atom is 0.266 e. The van der Waals surface area contributed by atoms with Crippen LogP contribution in [-0.2, 0) is 6.42 Å². The van der Waals surface area contributed by atoms with Gasteiger partial charge in [-0.15, -0.1) is 0 Å². The van der Waals surface area contributed by atoms with Crippen LogP contribution < -0.4 is 19.8 Å². The first-order valence-corrected chi connectivity index (χ1v) is 9.51. The molecule has 0 fully saturated rings. The lowest BCUT2D eigenvalue weighted by molar-refractivity contribution is 0.354. The molecule has 1 heterocycles. The van der Waals surface area contributed by atoms with Crippen LogP contribution in [0.25, 0.3) is 16.6 Å². The van der Waals surface area contributed by atoms with Crippen molar-refractivity contribution >= 4 is 10.9 Å². The molecule has 0 amide bonds. The van der Waals surface area contributed by atoms with Gasteiger partial charge in [-0.05, 0) is 42.0 Å². The standard InChI is InChI=1S/C24H22N2O4/c1-28-20-11-7-6-10-19(20)26-23(25-18-9-5-4-8-17(18)24(26)27)15-16-12-13-21(29-2)22(14-16)30-3/h4-14H,15H2,1-3H3. The largest absolute Gasteiger partial charge is 0.495 e. The van der Waals surface area contributed by atoms with Crippen molar-refractivity contribution in [2.45, 2.75) is 6.42 Å². The van der Waals surface area contributed by atoms with Crippen molar-refractivity contribution in [2.75, 3.05) is 21.3 Å². The Morgan fingerprint density at radius 2 is 1.50 bits per heavy atom. The minimum absolute atomic E-state index is 0.138. The van der Waals surface area contributed by atoms with Crippen LogP contribution in [0.4, 0.5) is 0 Å². The van der Waals surface area contributed by atoms with E-state index in [9.17, 15) is 4.79 Å². The number of methoxy groups -OCH3 is 3. The normalized spacial score (nSPS) is 10.8. The van der Waals surface area contributed by atoms with E-state index in [2.05, 4.69) is 0 Å².